The van der Waals surface area contributed by atoms with Crippen LogP contribution in [0.15, 0.2) is 42.5 Å². The molecule has 27 heavy (non-hydrogen) atoms. The van der Waals surface area contributed by atoms with Gasteiger partial charge in [0.25, 0.3) is 0 Å². The quantitative estimate of drug-likeness (QED) is 0.789. The van der Waals surface area contributed by atoms with Gasteiger partial charge in [0, 0.05) is 11.6 Å². The summed E-state index contributed by atoms with van der Waals surface area (Å²) >= 11 is 0. The van der Waals surface area contributed by atoms with Gasteiger partial charge in [-0.2, -0.15) is 0 Å². The lowest BCUT2D eigenvalue weighted by molar-refractivity contribution is 0.00964. The van der Waals surface area contributed by atoms with Crippen LogP contribution in [0.2, 0.25) is 0 Å². The minimum atomic E-state index is -0.616. The van der Waals surface area contributed by atoms with Crippen molar-refractivity contribution in [2.75, 3.05) is 5.32 Å². The van der Waals surface area contributed by atoms with E-state index < -0.39 is 23.5 Å². The summed E-state index contributed by atoms with van der Waals surface area (Å²) in [7, 11) is 0. The number of hydrogen-bond acceptors (Lipinski definition) is 2. The number of anilines is 1. The summed E-state index contributed by atoms with van der Waals surface area (Å²) in [4.78, 5) is 12.0. The number of carbonyl (C=O) groups is 1. The molecule has 0 bridgehead atoms. The predicted molar refractivity (Wildman–Crippen MR) is 95.7 cm³/mol. The lowest BCUT2D eigenvalue weighted by Crippen LogP contribution is -2.41. The minimum absolute atomic E-state index is 0.0539. The van der Waals surface area contributed by atoms with E-state index in [2.05, 4.69) is 10.6 Å². The van der Waals surface area contributed by atoms with E-state index in [1.807, 2.05) is 0 Å². The molecule has 2 N–H and O–H groups in total. The summed E-state index contributed by atoms with van der Waals surface area (Å²) in [6, 6.07) is 9.16. The zero-order valence-corrected chi connectivity index (χ0v) is 14.7. The van der Waals surface area contributed by atoms with Crippen LogP contribution < -0.4 is 10.6 Å². The van der Waals surface area contributed by atoms with Crippen LogP contribution in [-0.4, -0.2) is 18.2 Å². The molecule has 0 spiro atoms. The van der Waals surface area contributed by atoms with Crippen molar-refractivity contribution >= 4 is 11.7 Å². The van der Waals surface area contributed by atoms with Gasteiger partial charge in [0.05, 0.1) is 18.4 Å². The number of benzene rings is 2. The standard InChI is InChI=1S/C20H21F3N2O2/c21-16-5-3-6-17(22)15(16)12-27-14-10-8-13(9-11-14)24-20(26)25-19-7-2-1-4-18(19)23/h1-7,13-14H,8-12H2,(H2,24,25,26). The molecule has 3 rings (SSSR count). The molecule has 0 radical (unpaired) electrons. The summed E-state index contributed by atoms with van der Waals surface area (Å²) in [5.74, 6) is -1.73. The molecule has 1 saturated carbocycles. The molecule has 0 unspecified atom stereocenters. The van der Waals surface area contributed by atoms with Crippen molar-refractivity contribution in [2.45, 2.75) is 44.4 Å². The van der Waals surface area contributed by atoms with Gasteiger partial charge in [-0.15, -0.1) is 0 Å². The first-order valence-electron chi connectivity index (χ1n) is 8.89. The first-order chi connectivity index (χ1) is 13.0. The number of para-hydroxylation sites is 1. The number of halogens is 3. The minimum Gasteiger partial charge on any atom is -0.373 e. The maximum Gasteiger partial charge on any atom is 0.319 e. The van der Waals surface area contributed by atoms with E-state index >= 15 is 0 Å². The molecule has 4 nitrogen and oxygen atoms in total. The molecule has 0 heterocycles. The van der Waals surface area contributed by atoms with Crippen molar-refractivity contribution in [2.24, 2.45) is 0 Å². The highest BCUT2D eigenvalue weighted by molar-refractivity contribution is 5.89. The average Bonchev–Trinajstić information content (AvgIpc) is 2.64. The second kappa shape index (κ2) is 8.90. The topological polar surface area (TPSA) is 50.4 Å². The largest absolute Gasteiger partial charge is 0.373 e. The zero-order valence-electron chi connectivity index (χ0n) is 14.7. The van der Waals surface area contributed by atoms with Crippen LogP contribution in [-0.2, 0) is 11.3 Å². The first kappa shape index (κ1) is 19.2. The molecule has 1 fully saturated rings. The molecule has 0 atom stereocenters. The fourth-order valence-corrected chi connectivity index (χ4v) is 3.15. The zero-order chi connectivity index (χ0) is 19.2. The Hall–Kier alpha value is -2.54. The third-order valence-electron chi connectivity index (χ3n) is 4.66. The maximum absolute atomic E-state index is 13.6. The highest BCUT2D eigenvalue weighted by atomic mass is 19.1. The maximum atomic E-state index is 13.6. The van der Waals surface area contributed by atoms with Crippen molar-refractivity contribution in [1.82, 2.24) is 5.32 Å². The molecule has 2 amide bonds. The molecular formula is C20H21F3N2O2. The van der Waals surface area contributed by atoms with E-state index in [4.69, 9.17) is 4.74 Å². The Morgan fingerprint density at radius 2 is 1.56 bits per heavy atom. The lowest BCUT2D eigenvalue weighted by atomic mass is 9.93. The Morgan fingerprint density at radius 3 is 2.22 bits per heavy atom. The average molecular weight is 378 g/mol. The summed E-state index contributed by atoms with van der Waals surface area (Å²) in [5, 5.41) is 5.30. The van der Waals surface area contributed by atoms with Crippen LogP contribution in [0.4, 0.5) is 23.7 Å². The second-order valence-electron chi connectivity index (χ2n) is 6.56. The van der Waals surface area contributed by atoms with Gasteiger partial charge in [0.1, 0.15) is 17.5 Å². The predicted octanol–water partition coefficient (Wildman–Crippen LogP) is 4.75. The molecule has 1 aliphatic carbocycles. The highest BCUT2D eigenvalue weighted by Crippen LogP contribution is 2.24. The van der Waals surface area contributed by atoms with Crippen LogP contribution in [0.3, 0.4) is 0 Å². The van der Waals surface area contributed by atoms with E-state index in [0.29, 0.717) is 25.7 Å². The number of nitrogens with one attached hydrogen (secondary N) is 2. The van der Waals surface area contributed by atoms with Gasteiger partial charge < -0.3 is 15.4 Å². The van der Waals surface area contributed by atoms with Crippen LogP contribution in [0.5, 0.6) is 0 Å². The summed E-state index contributed by atoms with van der Waals surface area (Å²) in [6.07, 6.45) is 2.57. The molecule has 1 aliphatic rings. The Labute approximate surface area is 155 Å². The Bertz CT molecular complexity index is 772. The monoisotopic (exact) mass is 378 g/mol. The molecule has 2 aromatic carbocycles. The van der Waals surface area contributed by atoms with Crippen LogP contribution >= 0.6 is 0 Å². The summed E-state index contributed by atoms with van der Waals surface area (Å²) < 4.78 is 46.4. The SMILES string of the molecule is O=C(Nc1ccccc1F)NC1CCC(OCc2c(F)cccc2F)CC1. The van der Waals surface area contributed by atoms with Gasteiger partial charge in [-0.25, -0.2) is 18.0 Å². The van der Waals surface area contributed by atoms with Crippen LogP contribution in [0.1, 0.15) is 31.2 Å². The van der Waals surface area contributed by atoms with E-state index in [1.165, 1.54) is 30.3 Å². The highest BCUT2D eigenvalue weighted by Gasteiger charge is 2.24. The molecule has 2 aromatic rings. The second-order valence-corrected chi connectivity index (χ2v) is 6.56. The summed E-state index contributed by atoms with van der Waals surface area (Å²) in [6.45, 7) is -0.116. The van der Waals surface area contributed by atoms with E-state index in [1.54, 1.807) is 12.1 Å². The number of urea groups is 1. The molecule has 0 saturated heterocycles. The van der Waals surface area contributed by atoms with Crippen molar-refractivity contribution in [1.29, 1.82) is 0 Å². The van der Waals surface area contributed by atoms with Gasteiger partial charge in [-0.3, -0.25) is 0 Å². The molecular weight excluding hydrogens is 357 g/mol. The first-order valence-corrected chi connectivity index (χ1v) is 8.89. The number of carbonyl (C=O) groups excluding carboxylic acids is 1. The third-order valence-corrected chi connectivity index (χ3v) is 4.66. The normalized spacial score (nSPS) is 19.5. The van der Waals surface area contributed by atoms with Gasteiger partial charge in [-0.05, 0) is 49.9 Å². The Balaban J connectivity index is 1.42. The smallest absolute Gasteiger partial charge is 0.319 e. The summed E-state index contributed by atoms with van der Waals surface area (Å²) in [5.41, 5.74) is 0.0564. The third kappa shape index (κ3) is 5.23. The fraction of sp³-hybridized carbons (Fsp3) is 0.350. The van der Waals surface area contributed by atoms with Crippen LogP contribution in [0.25, 0.3) is 0 Å². The van der Waals surface area contributed by atoms with Gasteiger partial charge in [0.15, 0.2) is 0 Å². The number of hydrogen-bond donors (Lipinski definition) is 2. The molecule has 0 aliphatic heterocycles. The lowest BCUT2D eigenvalue weighted by Gasteiger charge is -2.29. The van der Waals surface area contributed by atoms with E-state index in [0.717, 1.165) is 0 Å². The molecule has 144 valence electrons. The van der Waals surface area contributed by atoms with Gasteiger partial charge >= 0.3 is 6.03 Å². The van der Waals surface area contributed by atoms with Crippen molar-refractivity contribution in [3.63, 3.8) is 0 Å². The molecule has 7 heteroatoms. The Morgan fingerprint density at radius 1 is 0.926 bits per heavy atom. The van der Waals surface area contributed by atoms with Gasteiger partial charge in [-0.1, -0.05) is 18.2 Å². The van der Waals surface area contributed by atoms with Crippen molar-refractivity contribution in [3.05, 3.63) is 65.5 Å². The van der Waals surface area contributed by atoms with Crippen molar-refractivity contribution in [3.8, 4) is 0 Å². The Kier molecular flexibility index (Phi) is 6.34. The van der Waals surface area contributed by atoms with Crippen molar-refractivity contribution < 1.29 is 22.7 Å². The van der Waals surface area contributed by atoms with E-state index in [9.17, 15) is 18.0 Å². The number of rotatable bonds is 5. The number of amides is 2. The fourth-order valence-electron chi connectivity index (χ4n) is 3.15. The van der Waals surface area contributed by atoms with E-state index in [-0.39, 0.29) is 30.0 Å². The van der Waals surface area contributed by atoms with Gasteiger partial charge in [0.2, 0.25) is 0 Å². The number of ether oxygens (including phenoxy) is 1. The van der Waals surface area contributed by atoms with Crippen LogP contribution in [0, 0.1) is 17.5 Å². The molecule has 0 aromatic heterocycles.